The molecule has 0 aliphatic rings. The van der Waals surface area contributed by atoms with Crippen molar-refractivity contribution in [2.24, 2.45) is 0 Å². The molecule has 0 amide bonds. The molecule has 2 heterocycles. The number of terminal acetylenes is 1. The topological polar surface area (TPSA) is 63.8 Å². The summed E-state index contributed by atoms with van der Waals surface area (Å²) in [4.78, 5) is 9.89. The summed E-state index contributed by atoms with van der Waals surface area (Å²) in [5, 5.41) is 5.65. The molecule has 2 aromatic carbocycles. The van der Waals surface area contributed by atoms with E-state index in [4.69, 9.17) is 23.8 Å². The molecule has 126 valence electrons. The Bertz CT molecular complexity index is 1160. The fourth-order valence-corrected chi connectivity index (χ4v) is 3.71. The van der Waals surface area contributed by atoms with E-state index in [1.807, 2.05) is 54.6 Å². The molecular weight excluding hydrogens is 364 g/mol. The van der Waals surface area contributed by atoms with Gasteiger partial charge in [0, 0.05) is 11.1 Å². The number of hydrogen-bond donors (Lipinski definition) is 2. The number of benzene rings is 2. The van der Waals surface area contributed by atoms with Crippen LogP contribution in [0.2, 0.25) is 5.02 Å². The molecule has 4 nitrogen and oxygen atoms in total. The molecule has 0 aliphatic heterocycles. The number of aromatic nitrogens is 2. The van der Waals surface area contributed by atoms with E-state index in [1.54, 1.807) is 0 Å². The molecule has 26 heavy (non-hydrogen) atoms. The van der Waals surface area contributed by atoms with Gasteiger partial charge in [-0.25, -0.2) is 9.97 Å². The van der Waals surface area contributed by atoms with Crippen LogP contribution in [0.5, 0.6) is 0 Å². The molecule has 4 aromatic rings. The van der Waals surface area contributed by atoms with Gasteiger partial charge in [0.25, 0.3) is 0 Å². The highest BCUT2D eigenvalue weighted by molar-refractivity contribution is 7.22. The van der Waals surface area contributed by atoms with Crippen molar-refractivity contribution in [1.82, 2.24) is 9.97 Å². The second-order valence-corrected chi connectivity index (χ2v) is 7.03. The van der Waals surface area contributed by atoms with Crippen LogP contribution in [-0.2, 0) is 0 Å². The van der Waals surface area contributed by atoms with Crippen LogP contribution in [-0.4, -0.2) is 9.97 Å². The fraction of sp³-hybridized carbons (Fsp3) is 0. The van der Waals surface area contributed by atoms with E-state index in [1.165, 1.54) is 11.3 Å². The number of rotatable bonds is 3. The number of halogens is 1. The molecule has 0 saturated carbocycles. The number of anilines is 3. The maximum atomic E-state index is 6.21. The standard InChI is InChI=1S/C20H13ClN4S/c1-2-12-6-5-7-13(10-12)19-24-18(22)14-11-17(26-20(14)25-19)23-16-9-4-3-8-15(16)21/h1,3-11,23H,(H2,22,24,25). The van der Waals surface area contributed by atoms with Crippen molar-refractivity contribution in [2.45, 2.75) is 0 Å². The molecule has 0 fully saturated rings. The number of nitrogens with two attached hydrogens (primary N) is 1. The Hall–Kier alpha value is -3.07. The van der Waals surface area contributed by atoms with Crippen molar-refractivity contribution in [3.8, 4) is 23.7 Å². The van der Waals surface area contributed by atoms with E-state index < -0.39 is 0 Å². The predicted molar refractivity (Wildman–Crippen MR) is 110 cm³/mol. The van der Waals surface area contributed by atoms with Crippen LogP contribution in [0.25, 0.3) is 21.6 Å². The summed E-state index contributed by atoms with van der Waals surface area (Å²) in [6, 6.07) is 17.0. The third-order valence-corrected chi connectivity index (χ3v) is 5.12. The zero-order valence-corrected chi connectivity index (χ0v) is 15.1. The number of nitrogen functional groups attached to an aromatic ring is 1. The van der Waals surface area contributed by atoms with Gasteiger partial charge in [0.15, 0.2) is 5.82 Å². The van der Waals surface area contributed by atoms with E-state index in [-0.39, 0.29) is 0 Å². The lowest BCUT2D eigenvalue weighted by Gasteiger charge is -2.04. The molecule has 0 spiro atoms. The number of para-hydroxylation sites is 1. The first-order valence-electron chi connectivity index (χ1n) is 7.80. The van der Waals surface area contributed by atoms with E-state index in [9.17, 15) is 0 Å². The Morgan fingerprint density at radius 2 is 1.92 bits per heavy atom. The van der Waals surface area contributed by atoms with Gasteiger partial charge in [-0.3, -0.25) is 0 Å². The summed E-state index contributed by atoms with van der Waals surface area (Å²) in [7, 11) is 0. The van der Waals surface area contributed by atoms with E-state index in [0.29, 0.717) is 16.7 Å². The largest absolute Gasteiger partial charge is 0.383 e. The first-order valence-corrected chi connectivity index (χ1v) is 8.99. The lowest BCUT2D eigenvalue weighted by atomic mass is 10.1. The van der Waals surface area contributed by atoms with Crippen LogP contribution in [0.4, 0.5) is 16.5 Å². The zero-order chi connectivity index (χ0) is 18.1. The highest BCUT2D eigenvalue weighted by Crippen LogP contribution is 2.36. The monoisotopic (exact) mass is 376 g/mol. The summed E-state index contributed by atoms with van der Waals surface area (Å²) >= 11 is 7.70. The molecule has 0 radical (unpaired) electrons. The van der Waals surface area contributed by atoms with Crippen molar-refractivity contribution in [3.63, 3.8) is 0 Å². The van der Waals surface area contributed by atoms with Gasteiger partial charge in [-0.1, -0.05) is 53.1 Å². The number of fused-ring (bicyclic) bond motifs is 1. The number of hydrogen-bond acceptors (Lipinski definition) is 5. The fourth-order valence-electron chi connectivity index (χ4n) is 2.58. The molecule has 3 N–H and O–H groups in total. The Morgan fingerprint density at radius 3 is 2.73 bits per heavy atom. The Kier molecular flexibility index (Phi) is 4.21. The van der Waals surface area contributed by atoms with E-state index in [0.717, 1.165) is 32.0 Å². The first-order chi connectivity index (χ1) is 12.6. The summed E-state index contributed by atoms with van der Waals surface area (Å²) < 4.78 is 0. The summed E-state index contributed by atoms with van der Waals surface area (Å²) in [6.45, 7) is 0. The second kappa shape index (κ2) is 6.68. The van der Waals surface area contributed by atoms with Gasteiger partial charge >= 0.3 is 0 Å². The molecular formula is C20H13ClN4S. The lowest BCUT2D eigenvalue weighted by molar-refractivity contribution is 1.24. The molecule has 0 bridgehead atoms. The SMILES string of the molecule is C#Cc1cccc(-c2nc(N)c3cc(Nc4ccccc4Cl)sc3n2)c1. The second-order valence-electron chi connectivity index (χ2n) is 5.59. The molecule has 0 saturated heterocycles. The van der Waals surface area contributed by atoms with Crippen LogP contribution < -0.4 is 11.1 Å². The van der Waals surface area contributed by atoms with Crippen LogP contribution in [0.15, 0.2) is 54.6 Å². The average molecular weight is 377 g/mol. The molecule has 0 aliphatic carbocycles. The highest BCUT2D eigenvalue weighted by Gasteiger charge is 2.12. The van der Waals surface area contributed by atoms with Crippen LogP contribution in [0.3, 0.4) is 0 Å². The smallest absolute Gasteiger partial charge is 0.163 e. The minimum atomic E-state index is 0.430. The van der Waals surface area contributed by atoms with Crippen LogP contribution >= 0.6 is 22.9 Å². The molecule has 2 aromatic heterocycles. The Labute approximate surface area is 159 Å². The maximum Gasteiger partial charge on any atom is 0.163 e. The third kappa shape index (κ3) is 3.08. The van der Waals surface area contributed by atoms with Gasteiger partial charge in [0.1, 0.15) is 10.6 Å². The molecule has 4 rings (SSSR count). The van der Waals surface area contributed by atoms with Crippen molar-refractivity contribution in [2.75, 3.05) is 11.1 Å². The van der Waals surface area contributed by atoms with Crippen molar-refractivity contribution < 1.29 is 0 Å². The van der Waals surface area contributed by atoms with Crippen molar-refractivity contribution in [3.05, 3.63) is 65.2 Å². The quantitative estimate of drug-likeness (QED) is 0.475. The van der Waals surface area contributed by atoms with Gasteiger partial charge in [0.05, 0.1) is 21.1 Å². The predicted octanol–water partition coefficient (Wildman–Crippen LogP) is 5.32. The number of nitrogens with one attached hydrogen (secondary N) is 1. The molecule has 0 atom stereocenters. The zero-order valence-electron chi connectivity index (χ0n) is 13.5. The summed E-state index contributed by atoms with van der Waals surface area (Å²) in [5.74, 6) is 3.60. The summed E-state index contributed by atoms with van der Waals surface area (Å²) in [5.41, 5.74) is 8.60. The first kappa shape index (κ1) is 16.4. The number of thiophene rings is 1. The van der Waals surface area contributed by atoms with Gasteiger partial charge in [0.2, 0.25) is 0 Å². The van der Waals surface area contributed by atoms with Gasteiger partial charge in [-0.15, -0.1) is 6.42 Å². The number of nitrogens with zero attached hydrogens (tertiary/aromatic N) is 2. The molecule has 0 unspecified atom stereocenters. The van der Waals surface area contributed by atoms with Crippen LogP contribution in [0.1, 0.15) is 5.56 Å². The van der Waals surface area contributed by atoms with Gasteiger partial charge in [-0.2, -0.15) is 0 Å². The van der Waals surface area contributed by atoms with Crippen molar-refractivity contribution in [1.29, 1.82) is 0 Å². The third-order valence-electron chi connectivity index (χ3n) is 3.84. The van der Waals surface area contributed by atoms with E-state index in [2.05, 4.69) is 21.2 Å². The minimum absolute atomic E-state index is 0.430. The van der Waals surface area contributed by atoms with Crippen LogP contribution in [0, 0.1) is 12.3 Å². The molecule has 6 heteroatoms. The van der Waals surface area contributed by atoms with Crippen molar-refractivity contribution >= 4 is 49.7 Å². The summed E-state index contributed by atoms with van der Waals surface area (Å²) in [6.07, 6.45) is 5.47. The van der Waals surface area contributed by atoms with E-state index >= 15 is 0 Å². The minimum Gasteiger partial charge on any atom is -0.383 e. The Morgan fingerprint density at radius 1 is 1.08 bits per heavy atom. The maximum absolute atomic E-state index is 6.21. The highest BCUT2D eigenvalue weighted by atomic mass is 35.5. The Balaban J connectivity index is 1.76. The van der Waals surface area contributed by atoms with Gasteiger partial charge < -0.3 is 11.1 Å². The lowest BCUT2D eigenvalue weighted by Crippen LogP contribution is -1.96. The average Bonchev–Trinajstić information content (AvgIpc) is 3.07. The van der Waals surface area contributed by atoms with Gasteiger partial charge in [-0.05, 0) is 30.3 Å². The normalized spacial score (nSPS) is 10.6.